The van der Waals surface area contributed by atoms with E-state index in [1.807, 2.05) is 30.3 Å². The summed E-state index contributed by atoms with van der Waals surface area (Å²) in [4.78, 5) is 4.05. The molecule has 0 aliphatic heterocycles. The molecule has 2 aromatic rings. The third-order valence-electron chi connectivity index (χ3n) is 2.72. The largest absolute Gasteiger partial charge is 0.489 e. The molecule has 0 saturated carbocycles. The molecule has 4 nitrogen and oxygen atoms in total. The summed E-state index contributed by atoms with van der Waals surface area (Å²) in [6.45, 7) is 2.62. The second-order valence-electron chi connectivity index (χ2n) is 3.94. The lowest BCUT2D eigenvalue weighted by Crippen LogP contribution is -2.09. The first-order valence-electron chi connectivity index (χ1n) is 5.95. The van der Waals surface area contributed by atoms with E-state index >= 15 is 0 Å². The van der Waals surface area contributed by atoms with Crippen LogP contribution >= 0.6 is 0 Å². The minimum Gasteiger partial charge on any atom is -0.489 e. The quantitative estimate of drug-likeness (QED) is 0.625. The number of aromatic nitrogens is 1. The number of nitrogens with two attached hydrogens (primary N) is 1. The van der Waals surface area contributed by atoms with E-state index in [0.29, 0.717) is 12.4 Å². The second-order valence-corrected chi connectivity index (χ2v) is 3.94. The third kappa shape index (κ3) is 2.99. The molecule has 0 bridgehead atoms. The molecule has 1 aromatic carbocycles. The lowest BCUT2D eigenvalue weighted by atomic mass is 10.1. The first-order valence-corrected chi connectivity index (χ1v) is 5.95. The zero-order valence-electron chi connectivity index (χ0n) is 10.4. The highest BCUT2D eigenvalue weighted by Crippen LogP contribution is 2.19. The fraction of sp³-hybridized carbons (Fsp3) is 0.214. The van der Waals surface area contributed by atoms with Gasteiger partial charge in [-0.25, -0.2) is 10.8 Å². The van der Waals surface area contributed by atoms with Crippen molar-refractivity contribution in [3.05, 3.63) is 53.7 Å². The molecule has 2 rings (SSSR count). The maximum Gasteiger partial charge on any atom is 0.140 e. The van der Waals surface area contributed by atoms with Crippen molar-refractivity contribution in [1.29, 1.82) is 0 Å². The van der Waals surface area contributed by atoms with Crippen molar-refractivity contribution in [2.75, 3.05) is 5.43 Å². The number of aryl methyl sites for hydroxylation is 1. The fourth-order valence-electron chi connectivity index (χ4n) is 1.74. The highest BCUT2D eigenvalue weighted by molar-refractivity contribution is 5.37. The van der Waals surface area contributed by atoms with Gasteiger partial charge in [0.2, 0.25) is 0 Å². The summed E-state index contributed by atoms with van der Waals surface area (Å²) in [7, 11) is 0. The van der Waals surface area contributed by atoms with Crippen molar-refractivity contribution < 1.29 is 4.74 Å². The van der Waals surface area contributed by atoms with Crippen LogP contribution in [0.2, 0.25) is 0 Å². The van der Waals surface area contributed by atoms with E-state index in [1.165, 1.54) is 5.56 Å². The molecule has 0 aliphatic rings. The maximum atomic E-state index is 5.82. The Balaban J connectivity index is 2.06. The normalized spacial score (nSPS) is 10.1. The first-order chi connectivity index (χ1) is 8.83. The van der Waals surface area contributed by atoms with Gasteiger partial charge in [0.25, 0.3) is 0 Å². The number of nitrogens with zero attached hydrogens (tertiary/aromatic N) is 1. The average Bonchev–Trinajstić information content (AvgIpc) is 2.45. The molecule has 0 amide bonds. The van der Waals surface area contributed by atoms with E-state index in [-0.39, 0.29) is 0 Å². The predicted molar refractivity (Wildman–Crippen MR) is 72.2 cm³/mol. The number of para-hydroxylation sites is 1. The summed E-state index contributed by atoms with van der Waals surface area (Å²) in [5.74, 6) is 6.89. The smallest absolute Gasteiger partial charge is 0.140 e. The third-order valence-corrected chi connectivity index (χ3v) is 2.72. The number of nitrogens with one attached hydrogen (secondary N) is 1. The monoisotopic (exact) mass is 243 g/mol. The van der Waals surface area contributed by atoms with E-state index in [2.05, 4.69) is 23.4 Å². The number of nitrogen functional groups attached to an aromatic ring is 1. The molecule has 0 radical (unpaired) electrons. The van der Waals surface area contributed by atoms with E-state index in [0.717, 1.165) is 17.7 Å². The molecule has 1 heterocycles. The van der Waals surface area contributed by atoms with Gasteiger partial charge in [-0.2, -0.15) is 0 Å². The van der Waals surface area contributed by atoms with Gasteiger partial charge in [-0.15, -0.1) is 0 Å². The average molecular weight is 243 g/mol. The molecular weight excluding hydrogens is 226 g/mol. The maximum absolute atomic E-state index is 5.82. The highest BCUT2D eigenvalue weighted by Gasteiger charge is 2.02. The van der Waals surface area contributed by atoms with E-state index in [9.17, 15) is 0 Å². The summed E-state index contributed by atoms with van der Waals surface area (Å²) in [5.41, 5.74) is 4.76. The second kappa shape index (κ2) is 6.02. The minimum absolute atomic E-state index is 0.508. The Labute approximate surface area is 107 Å². The van der Waals surface area contributed by atoms with E-state index in [1.54, 1.807) is 6.20 Å². The van der Waals surface area contributed by atoms with Gasteiger partial charge < -0.3 is 10.2 Å². The summed E-state index contributed by atoms with van der Waals surface area (Å²) in [5, 5.41) is 0. The summed E-state index contributed by atoms with van der Waals surface area (Å²) in [6.07, 6.45) is 2.67. The molecular formula is C14H17N3O. The van der Waals surface area contributed by atoms with Gasteiger partial charge in [-0.3, -0.25) is 0 Å². The van der Waals surface area contributed by atoms with Crippen LogP contribution in [0.5, 0.6) is 5.75 Å². The lowest BCUT2D eigenvalue weighted by molar-refractivity contribution is 0.303. The van der Waals surface area contributed by atoms with Crippen LogP contribution in [0.3, 0.4) is 0 Å². The standard InChI is InChI=1S/C14H17N3O/c1-2-12-5-3-4-6-13(12)18-10-11-7-8-16-14(9-11)17-15/h3-9H,2,10,15H2,1H3,(H,16,17). The molecule has 18 heavy (non-hydrogen) atoms. The Hall–Kier alpha value is -2.07. The number of rotatable bonds is 5. The van der Waals surface area contributed by atoms with Gasteiger partial charge in [0.15, 0.2) is 0 Å². The van der Waals surface area contributed by atoms with Gasteiger partial charge in [-0.1, -0.05) is 25.1 Å². The zero-order chi connectivity index (χ0) is 12.8. The van der Waals surface area contributed by atoms with Crippen LogP contribution < -0.4 is 16.0 Å². The first kappa shape index (κ1) is 12.4. The SMILES string of the molecule is CCc1ccccc1OCc1ccnc(NN)c1. The van der Waals surface area contributed by atoms with Crippen molar-refractivity contribution in [2.45, 2.75) is 20.0 Å². The van der Waals surface area contributed by atoms with Crippen LogP contribution in [0.15, 0.2) is 42.6 Å². The number of benzene rings is 1. The van der Waals surface area contributed by atoms with Crippen molar-refractivity contribution in [3.63, 3.8) is 0 Å². The predicted octanol–water partition coefficient (Wildman–Crippen LogP) is 2.51. The van der Waals surface area contributed by atoms with E-state index < -0.39 is 0 Å². The molecule has 0 saturated heterocycles. The molecule has 4 heteroatoms. The van der Waals surface area contributed by atoms with Gasteiger partial charge in [0.05, 0.1) is 0 Å². The van der Waals surface area contributed by atoms with Gasteiger partial charge >= 0.3 is 0 Å². The molecule has 0 atom stereocenters. The Morgan fingerprint density at radius 1 is 1.28 bits per heavy atom. The summed E-state index contributed by atoms with van der Waals surface area (Å²) in [6, 6.07) is 11.9. The van der Waals surface area contributed by atoms with E-state index in [4.69, 9.17) is 10.6 Å². The number of hydrogen-bond acceptors (Lipinski definition) is 4. The molecule has 0 fully saturated rings. The summed E-state index contributed by atoms with van der Waals surface area (Å²) < 4.78 is 5.82. The molecule has 0 unspecified atom stereocenters. The zero-order valence-corrected chi connectivity index (χ0v) is 10.4. The molecule has 1 aromatic heterocycles. The molecule has 0 spiro atoms. The topological polar surface area (TPSA) is 60.2 Å². The Kier molecular flexibility index (Phi) is 4.15. The van der Waals surface area contributed by atoms with Crippen LogP contribution in [0.1, 0.15) is 18.1 Å². The van der Waals surface area contributed by atoms with Gasteiger partial charge in [0.1, 0.15) is 18.2 Å². The number of pyridine rings is 1. The molecule has 3 N–H and O–H groups in total. The highest BCUT2D eigenvalue weighted by atomic mass is 16.5. The van der Waals surface area contributed by atoms with Crippen molar-refractivity contribution in [3.8, 4) is 5.75 Å². The van der Waals surface area contributed by atoms with Crippen molar-refractivity contribution in [2.24, 2.45) is 5.84 Å². The van der Waals surface area contributed by atoms with Crippen LogP contribution in [-0.2, 0) is 13.0 Å². The summed E-state index contributed by atoms with van der Waals surface area (Å²) >= 11 is 0. The van der Waals surface area contributed by atoms with Gasteiger partial charge in [-0.05, 0) is 35.7 Å². The van der Waals surface area contributed by atoms with Crippen molar-refractivity contribution >= 4 is 5.82 Å². The fourth-order valence-corrected chi connectivity index (χ4v) is 1.74. The minimum atomic E-state index is 0.508. The molecule has 94 valence electrons. The van der Waals surface area contributed by atoms with Crippen LogP contribution in [0.4, 0.5) is 5.82 Å². The number of hydrogen-bond donors (Lipinski definition) is 2. The molecule has 0 aliphatic carbocycles. The Morgan fingerprint density at radius 3 is 2.89 bits per heavy atom. The number of ether oxygens (including phenoxy) is 1. The number of hydrazine groups is 1. The van der Waals surface area contributed by atoms with Gasteiger partial charge in [0, 0.05) is 6.20 Å². The Morgan fingerprint density at radius 2 is 2.11 bits per heavy atom. The van der Waals surface area contributed by atoms with Crippen LogP contribution in [0.25, 0.3) is 0 Å². The number of anilines is 1. The van der Waals surface area contributed by atoms with Crippen molar-refractivity contribution in [1.82, 2.24) is 4.98 Å². The van der Waals surface area contributed by atoms with Crippen LogP contribution in [-0.4, -0.2) is 4.98 Å². The Bertz CT molecular complexity index is 514. The lowest BCUT2D eigenvalue weighted by Gasteiger charge is -2.10. The van der Waals surface area contributed by atoms with Crippen LogP contribution in [0, 0.1) is 0 Å².